The third kappa shape index (κ3) is 2.94. The van der Waals surface area contributed by atoms with Gasteiger partial charge in [-0.05, 0) is 24.1 Å². The van der Waals surface area contributed by atoms with Gasteiger partial charge in [-0.1, -0.05) is 36.4 Å². The molecule has 0 bridgehead atoms. The van der Waals surface area contributed by atoms with E-state index in [1.54, 1.807) is 12.4 Å². The number of nitrogens with one attached hydrogen (secondary N) is 1. The molecule has 0 spiro atoms. The van der Waals surface area contributed by atoms with Crippen molar-refractivity contribution in [1.29, 1.82) is 0 Å². The van der Waals surface area contributed by atoms with Crippen molar-refractivity contribution in [3.05, 3.63) is 66.0 Å². The fraction of sp³-hybridized carbons (Fsp3) is 0.267. The minimum absolute atomic E-state index is 0.0333. The van der Waals surface area contributed by atoms with Crippen LogP contribution in [0.25, 0.3) is 0 Å². The van der Waals surface area contributed by atoms with Crippen molar-refractivity contribution in [2.45, 2.75) is 19.0 Å². The maximum absolute atomic E-state index is 9.63. The average molecular weight is 242 g/mol. The summed E-state index contributed by atoms with van der Waals surface area (Å²) in [4.78, 5) is 4.10. The normalized spacial score (nSPS) is 14.1. The molecule has 0 amide bonds. The largest absolute Gasteiger partial charge is 0.394 e. The molecular formula is C15H18N2O. The van der Waals surface area contributed by atoms with E-state index in [9.17, 15) is 5.11 Å². The highest BCUT2D eigenvalue weighted by Crippen LogP contribution is 2.19. The molecule has 1 aromatic heterocycles. The van der Waals surface area contributed by atoms with Crippen molar-refractivity contribution >= 4 is 0 Å². The monoisotopic (exact) mass is 242 g/mol. The highest BCUT2D eigenvalue weighted by Gasteiger charge is 2.25. The van der Waals surface area contributed by atoms with E-state index in [0.29, 0.717) is 6.54 Å². The van der Waals surface area contributed by atoms with Gasteiger partial charge in [0.1, 0.15) is 0 Å². The van der Waals surface area contributed by atoms with Crippen LogP contribution in [-0.4, -0.2) is 16.7 Å². The van der Waals surface area contributed by atoms with Gasteiger partial charge in [0.05, 0.1) is 12.1 Å². The summed E-state index contributed by atoms with van der Waals surface area (Å²) in [5.41, 5.74) is 1.72. The number of pyridine rings is 1. The summed E-state index contributed by atoms with van der Waals surface area (Å²) in [6.07, 6.45) is 3.52. The molecule has 0 aliphatic carbocycles. The summed E-state index contributed by atoms with van der Waals surface area (Å²) in [5, 5.41) is 13.0. The van der Waals surface area contributed by atoms with Crippen LogP contribution < -0.4 is 5.32 Å². The van der Waals surface area contributed by atoms with Gasteiger partial charge in [0.15, 0.2) is 0 Å². The third-order valence-corrected chi connectivity index (χ3v) is 3.14. The van der Waals surface area contributed by atoms with Gasteiger partial charge in [0, 0.05) is 18.9 Å². The predicted molar refractivity (Wildman–Crippen MR) is 72.0 cm³/mol. The fourth-order valence-electron chi connectivity index (χ4n) is 1.83. The molecule has 3 nitrogen and oxygen atoms in total. The van der Waals surface area contributed by atoms with Gasteiger partial charge in [0.2, 0.25) is 0 Å². The van der Waals surface area contributed by atoms with E-state index < -0.39 is 5.54 Å². The zero-order valence-electron chi connectivity index (χ0n) is 10.5. The summed E-state index contributed by atoms with van der Waals surface area (Å²) in [6, 6.07) is 14.0. The molecule has 94 valence electrons. The molecular weight excluding hydrogens is 224 g/mol. The first-order valence-electron chi connectivity index (χ1n) is 6.05. The smallest absolute Gasteiger partial charge is 0.0658 e. The Labute approximate surface area is 108 Å². The Morgan fingerprint density at radius 1 is 1.17 bits per heavy atom. The van der Waals surface area contributed by atoms with E-state index in [4.69, 9.17) is 0 Å². The number of aromatic nitrogens is 1. The van der Waals surface area contributed by atoms with E-state index in [1.165, 1.54) is 5.56 Å². The Morgan fingerprint density at radius 2 is 1.94 bits per heavy atom. The van der Waals surface area contributed by atoms with E-state index in [-0.39, 0.29) is 6.61 Å². The van der Waals surface area contributed by atoms with Crippen molar-refractivity contribution in [3.63, 3.8) is 0 Å². The highest BCUT2D eigenvalue weighted by atomic mass is 16.3. The maximum atomic E-state index is 9.63. The average Bonchev–Trinajstić information content (AvgIpc) is 2.47. The van der Waals surface area contributed by atoms with Crippen LogP contribution in [0.2, 0.25) is 0 Å². The van der Waals surface area contributed by atoms with Crippen LogP contribution in [0.5, 0.6) is 0 Å². The third-order valence-electron chi connectivity index (χ3n) is 3.14. The lowest BCUT2D eigenvalue weighted by Crippen LogP contribution is -2.42. The fourth-order valence-corrected chi connectivity index (χ4v) is 1.83. The number of nitrogens with zero attached hydrogens (tertiary/aromatic N) is 1. The number of aliphatic hydroxyl groups excluding tert-OH is 1. The molecule has 0 aliphatic heterocycles. The van der Waals surface area contributed by atoms with E-state index in [0.717, 1.165) is 5.56 Å². The van der Waals surface area contributed by atoms with Gasteiger partial charge in [-0.3, -0.25) is 4.98 Å². The molecule has 2 N–H and O–H groups in total. The van der Waals surface area contributed by atoms with Crippen LogP contribution in [-0.2, 0) is 12.1 Å². The molecule has 0 fully saturated rings. The number of benzene rings is 1. The molecule has 3 heteroatoms. The number of hydrogen-bond acceptors (Lipinski definition) is 3. The summed E-state index contributed by atoms with van der Waals surface area (Å²) in [7, 11) is 0. The first-order chi connectivity index (χ1) is 8.74. The molecule has 1 atom stereocenters. The molecule has 2 aromatic rings. The van der Waals surface area contributed by atoms with Crippen LogP contribution in [0, 0.1) is 0 Å². The molecule has 1 unspecified atom stereocenters. The van der Waals surface area contributed by atoms with Crippen LogP contribution in [0.15, 0.2) is 54.9 Å². The van der Waals surface area contributed by atoms with Crippen molar-refractivity contribution < 1.29 is 5.11 Å². The second-order valence-corrected chi connectivity index (χ2v) is 4.57. The molecule has 2 rings (SSSR count). The lowest BCUT2D eigenvalue weighted by atomic mass is 9.94. The standard InChI is InChI=1S/C15H18N2O/c1-15(12-18,14-8-5-9-16-11-14)17-10-13-6-3-2-4-7-13/h2-9,11,17-18H,10,12H2,1H3. The highest BCUT2D eigenvalue weighted by molar-refractivity contribution is 5.21. The molecule has 0 aliphatic rings. The molecule has 0 saturated carbocycles. The first-order valence-corrected chi connectivity index (χ1v) is 6.05. The van der Waals surface area contributed by atoms with Gasteiger partial charge in [0.25, 0.3) is 0 Å². The van der Waals surface area contributed by atoms with Crippen molar-refractivity contribution in [3.8, 4) is 0 Å². The predicted octanol–water partition coefficient (Wildman–Crippen LogP) is 2.08. The van der Waals surface area contributed by atoms with Gasteiger partial charge in [-0.2, -0.15) is 0 Å². The lowest BCUT2D eigenvalue weighted by molar-refractivity contribution is 0.173. The van der Waals surface area contributed by atoms with Crippen LogP contribution in [0.3, 0.4) is 0 Å². The second-order valence-electron chi connectivity index (χ2n) is 4.57. The van der Waals surface area contributed by atoms with Crippen LogP contribution in [0.4, 0.5) is 0 Å². The summed E-state index contributed by atoms with van der Waals surface area (Å²) in [5.74, 6) is 0. The van der Waals surface area contributed by atoms with E-state index >= 15 is 0 Å². The van der Waals surface area contributed by atoms with Gasteiger partial charge < -0.3 is 10.4 Å². The van der Waals surface area contributed by atoms with Gasteiger partial charge in [-0.25, -0.2) is 0 Å². The molecule has 0 saturated heterocycles. The zero-order chi connectivity index (χ0) is 12.8. The number of rotatable bonds is 5. The second kappa shape index (κ2) is 5.76. The topological polar surface area (TPSA) is 45.1 Å². The minimum atomic E-state index is -0.468. The Morgan fingerprint density at radius 3 is 2.56 bits per heavy atom. The Kier molecular flexibility index (Phi) is 4.07. The Bertz CT molecular complexity index is 472. The first kappa shape index (κ1) is 12.7. The molecule has 0 radical (unpaired) electrons. The van der Waals surface area contributed by atoms with Crippen molar-refractivity contribution in [2.24, 2.45) is 0 Å². The quantitative estimate of drug-likeness (QED) is 0.843. The molecule has 1 heterocycles. The SMILES string of the molecule is CC(CO)(NCc1ccccc1)c1cccnc1. The zero-order valence-corrected chi connectivity index (χ0v) is 10.5. The van der Waals surface area contributed by atoms with Crippen LogP contribution >= 0.6 is 0 Å². The lowest BCUT2D eigenvalue weighted by Gasteiger charge is -2.29. The van der Waals surface area contributed by atoms with Gasteiger partial charge >= 0.3 is 0 Å². The van der Waals surface area contributed by atoms with E-state index in [1.807, 2.05) is 37.3 Å². The van der Waals surface area contributed by atoms with Crippen molar-refractivity contribution in [2.75, 3.05) is 6.61 Å². The summed E-state index contributed by atoms with van der Waals surface area (Å²) in [6.45, 7) is 2.73. The number of aliphatic hydroxyl groups is 1. The maximum Gasteiger partial charge on any atom is 0.0658 e. The van der Waals surface area contributed by atoms with E-state index in [2.05, 4.69) is 22.4 Å². The van der Waals surface area contributed by atoms with Crippen molar-refractivity contribution in [1.82, 2.24) is 10.3 Å². The Hall–Kier alpha value is -1.71. The van der Waals surface area contributed by atoms with Gasteiger partial charge in [-0.15, -0.1) is 0 Å². The summed E-state index contributed by atoms with van der Waals surface area (Å²) < 4.78 is 0. The van der Waals surface area contributed by atoms with Crippen LogP contribution in [0.1, 0.15) is 18.1 Å². The Balaban J connectivity index is 2.10. The minimum Gasteiger partial charge on any atom is -0.394 e. The number of hydrogen-bond donors (Lipinski definition) is 2. The summed E-state index contributed by atoms with van der Waals surface area (Å²) >= 11 is 0. The molecule has 1 aromatic carbocycles. The molecule has 18 heavy (non-hydrogen) atoms.